The van der Waals surface area contributed by atoms with Crippen LogP contribution in [0.3, 0.4) is 0 Å². The van der Waals surface area contributed by atoms with E-state index < -0.39 is 0 Å². The maximum atomic E-state index is 12.4. The summed E-state index contributed by atoms with van der Waals surface area (Å²) in [7, 11) is 3.07. The van der Waals surface area contributed by atoms with E-state index in [1.54, 1.807) is 36.4 Å². The third-order valence-electron chi connectivity index (χ3n) is 3.86. The first kappa shape index (κ1) is 19.0. The Labute approximate surface area is 166 Å². The van der Waals surface area contributed by atoms with Gasteiger partial charge in [-0.3, -0.25) is 9.89 Å². The van der Waals surface area contributed by atoms with Crippen molar-refractivity contribution >= 4 is 35.1 Å². The van der Waals surface area contributed by atoms with E-state index in [4.69, 9.17) is 32.7 Å². The lowest BCUT2D eigenvalue weighted by Gasteiger charge is -2.06. The van der Waals surface area contributed by atoms with E-state index in [9.17, 15) is 4.79 Å². The molecule has 1 N–H and O–H groups in total. The van der Waals surface area contributed by atoms with Crippen molar-refractivity contribution in [2.75, 3.05) is 14.2 Å². The zero-order valence-electron chi connectivity index (χ0n) is 14.6. The monoisotopic (exact) mass is 402 g/mol. The number of H-pyrrole nitrogens is 1. The van der Waals surface area contributed by atoms with Gasteiger partial charge in [-0.05, 0) is 42.5 Å². The molecule has 1 aromatic heterocycles. The number of methoxy groups -OCH3 is 2. The molecule has 0 atom stereocenters. The van der Waals surface area contributed by atoms with Gasteiger partial charge in [-0.25, -0.2) is 0 Å². The number of aromatic amines is 1. The number of rotatable bonds is 6. The van der Waals surface area contributed by atoms with Crippen molar-refractivity contribution in [3.05, 3.63) is 69.8 Å². The average molecular weight is 403 g/mol. The number of aromatic nitrogens is 2. The van der Waals surface area contributed by atoms with Crippen LogP contribution in [0.25, 0.3) is 17.3 Å². The minimum absolute atomic E-state index is 0.183. The Kier molecular flexibility index (Phi) is 5.84. The SMILES string of the molecule is COc1cc(OC)cc(C(=O)/C=C/c2cc(-c3ccc(Cl)c(Cl)c3)n[nH]2)c1. The second kappa shape index (κ2) is 8.29. The first-order valence-electron chi connectivity index (χ1n) is 7.96. The molecular formula is C20H16Cl2N2O3. The van der Waals surface area contributed by atoms with Crippen LogP contribution in [0, 0.1) is 0 Å². The number of carbonyl (C=O) groups is 1. The highest BCUT2D eigenvalue weighted by Crippen LogP contribution is 2.28. The molecule has 0 saturated carbocycles. The minimum atomic E-state index is -0.183. The lowest BCUT2D eigenvalue weighted by molar-refractivity contribution is 0.104. The maximum Gasteiger partial charge on any atom is 0.186 e. The summed E-state index contributed by atoms with van der Waals surface area (Å²) in [5.41, 5.74) is 2.67. The number of ketones is 1. The molecule has 2 aromatic carbocycles. The number of nitrogens with zero attached hydrogens (tertiary/aromatic N) is 1. The van der Waals surface area contributed by atoms with Gasteiger partial charge in [0.15, 0.2) is 5.78 Å². The molecule has 138 valence electrons. The highest BCUT2D eigenvalue weighted by molar-refractivity contribution is 6.42. The number of carbonyl (C=O) groups excluding carboxylic acids is 1. The molecular weight excluding hydrogens is 387 g/mol. The quantitative estimate of drug-likeness (QED) is 0.448. The van der Waals surface area contributed by atoms with Crippen LogP contribution in [-0.4, -0.2) is 30.2 Å². The van der Waals surface area contributed by atoms with Gasteiger partial charge in [-0.2, -0.15) is 5.10 Å². The molecule has 0 aliphatic heterocycles. The Bertz CT molecular complexity index is 990. The number of halogens is 2. The Morgan fingerprint density at radius 2 is 1.70 bits per heavy atom. The summed E-state index contributed by atoms with van der Waals surface area (Å²) in [5.74, 6) is 0.918. The molecule has 0 unspecified atom stereocenters. The summed E-state index contributed by atoms with van der Waals surface area (Å²) in [4.78, 5) is 12.4. The number of hydrogen-bond acceptors (Lipinski definition) is 4. The van der Waals surface area contributed by atoms with Crippen LogP contribution >= 0.6 is 23.2 Å². The predicted octanol–water partition coefficient (Wildman–Crippen LogP) is 5.30. The zero-order chi connectivity index (χ0) is 19.4. The van der Waals surface area contributed by atoms with Crippen molar-refractivity contribution in [3.63, 3.8) is 0 Å². The molecule has 5 nitrogen and oxygen atoms in total. The van der Waals surface area contributed by atoms with Gasteiger partial charge >= 0.3 is 0 Å². The molecule has 0 amide bonds. The Balaban J connectivity index is 1.79. The fourth-order valence-corrected chi connectivity index (χ4v) is 2.73. The van der Waals surface area contributed by atoms with Crippen molar-refractivity contribution in [1.29, 1.82) is 0 Å². The summed E-state index contributed by atoms with van der Waals surface area (Å²) in [6.07, 6.45) is 3.11. The number of allylic oxidation sites excluding steroid dienone is 1. The number of hydrogen-bond donors (Lipinski definition) is 1. The van der Waals surface area contributed by atoms with Gasteiger partial charge < -0.3 is 9.47 Å². The second-order valence-corrected chi connectivity index (χ2v) is 6.45. The van der Waals surface area contributed by atoms with Gasteiger partial charge in [0.05, 0.1) is 35.7 Å². The zero-order valence-corrected chi connectivity index (χ0v) is 16.1. The van der Waals surface area contributed by atoms with Crippen LogP contribution in [-0.2, 0) is 0 Å². The van der Waals surface area contributed by atoms with Gasteiger partial charge in [0.25, 0.3) is 0 Å². The van der Waals surface area contributed by atoms with Crippen LogP contribution in [0.5, 0.6) is 11.5 Å². The third-order valence-corrected chi connectivity index (χ3v) is 4.60. The van der Waals surface area contributed by atoms with Crippen LogP contribution in [0.15, 0.2) is 48.5 Å². The van der Waals surface area contributed by atoms with E-state index in [2.05, 4.69) is 10.2 Å². The first-order valence-corrected chi connectivity index (χ1v) is 8.72. The largest absolute Gasteiger partial charge is 0.497 e. The van der Waals surface area contributed by atoms with Crippen LogP contribution in [0.4, 0.5) is 0 Å². The number of benzene rings is 2. The van der Waals surface area contributed by atoms with Gasteiger partial charge in [-0.1, -0.05) is 29.3 Å². The third kappa shape index (κ3) is 4.51. The standard InChI is InChI=1S/C20H16Cl2N2O3/c1-26-15-7-13(8-16(11-15)27-2)20(25)6-4-14-10-19(24-23-14)12-3-5-17(21)18(22)9-12/h3-11H,1-2H3,(H,23,24)/b6-4+. The normalized spacial score (nSPS) is 11.0. The molecule has 0 radical (unpaired) electrons. The van der Waals surface area contributed by atoms with Gasteiger partial charge in [-0.15, -0.1) is 0 Å². The van der Waals surface area contributed by atoms with E-state index in [1.165, 1.54) is 20.3 Å². The van der Waals surface area contributed by atoms with Crippen LogP contribution in [0.1, 0.15) is 16.1 Å². The highest BCUT2D eigenvalue weighted by atomic mass is 35.5. The van der Waals surface area contributed by atoms with E-state index in [-0.39, 0.29) is 5.78 Å². The molecule has 7 heteroatoms. The summed E-state index contributed by atoms with van der Waals surface area (Å²) < 4.78 is 10.4. The average Bonchev–Trinajstić information content (AvgIpc) is 3.16. The molecule has 0 aliphatic carbocycles. The molecule has 27 heavy (non-hydrogen) atoms. The lowest BCUT2D eigenvalue weighted by Crippen LogP contribution is -1.97. The van der Waals surface area contributed by atoms with Crippen molar-refractivity contribution < 1.29 is 14.3 Å². The highest BCUT2D eigenvalue weighted by Gasteiger charge is 2.09. The van der Waals surface area contributed by atoms with E-state index in [0.717, 1.165) is 5.56 Å². The number of ether oxygens (including phenoxy) is 2. The summed E-state index contributed by atoms with van der Waals surface area (Å²) in [6, 6.07) is 12.1. The van der Waals surface area contributed by atoms with Crippen LogP contribution in [0.2, 0.25) is 10.0 Å². The predicted molar refractivity (Wildman–Crippen MR) is 107 cm³/mol. The number of nitrogens with one attached hydrogen (secondary N) is 1. The Morgan fingerprint density at radius 1 is 1.00 bits per heavy atom. The molecule has 0 fully saturated rings. The molecule has 3 rings (SSSR count). The summed E-state index contributed by atoms with van der Waals surface area (Å²) in [5, 5.41) is 8.05. The Hall–Kier alpha value is -2.76. The maximum absolute atomic E-state index is 12.4. The van der Waals surface area contributed by atoms with Gasteiger partial charge in [0, 0.05) is 17.2 Å². The fourth-order valence-electron chi connectivity index (χ4n) is 2.44. The lowest BCUT2D eigenvalue weighted by atomic mass is 10.1. The summed E-state index contributed by atoms with van der Waals surface area (Å²) >= 11 is 12.0. The van der Waals surface area contributed by atoms with Crippen molar-refractivity contribution in [1.82, 2.24) is 10.2 Å². The van der Waals surface area contributed by atoms with E-state index >= 15 is 0 Å². The second-order valence-electron chi connectivity index (χ2n) is 5.64. The molecule has 3 aromatic rings. The van der Waals surface area contributed by atoms with Crippen molar-refractivity contribution in [2.24, 2.45) is 0 Å². The topological polar surface area (TPSA) is 64.2 Å². The van der Waals surface area contributed by atoms with Crippen molar-refractivity contribution in [3.8, 4) is 22.8 Å². The fraction of sp³-hybridized carbons (Fsp3) is 0.100. The van der Waals surface area contributed by atoms with Gasteiger partial charge in [0.1, 0.15) is 11.5 Å². The minimum Gasteiger partial charge on any atom is -0.497 e. The first-order chi connectivity index (χ1) is 13.0. The summed E-state index contributed by atoms with van der Waals surface area (Å²) in [6.45, 7) is 0. The molecule has 1 heterocycles. The molecule has 0 aliphatic rings. The molecule has 0 bridgehead atoms. The smallest absolute Gasteiger partial charge is 0.186 e. The molecule has 0 saturated heterocycles. The van der Waals surface area contributed by atoms with E-state index in [1.807, 2.05) is 12.1 Å². The van der Waals surface area contributed by atoms with Crippen molar-refractivity contribution in [2.45, 2.75) is 0 Å². The molecule has 0 spiro atoms. The Morgan fingerprint density at radius 3 is 2.33 bits per heavy atom. The van der Waals surface area contributed by atoms with Gasteiger partial charge in [0.2, 0.25) is 0 Å². The van der Waals surface area contributed by atoms with Crippen LogP contribution < -0.4 is 9.47 Å². The van der Waals surface area contributed by atoms with E-state index in [0.29, 0.717) is 38.5 Å².